The predicted octanol–water partition coefficient (Wildman–Crippen LogP) is 8.55. The van der Waals surface area contributed by atoms with Gasteiger partial charge in [0.05, 0.1) is 38.6 Å². The van der Waals surface area contributed by atoms with Crippen molar-refractivity contribution in [1.82, 2.24) is 5.32 Å². The van der Waals surface area contributed by atoms with Crippen molar-refractivity contribution in [3.8, 4) is 0 Å². The van der Waals surface area contributed by atoms with Gasteiger partial charge in [-0.25, -0.2) is 0 Å². The first-order chi connectivity index (χ1) is 28.8. The number of hydrogen-bond donors (Lipinski definition) is 7. The first-order valence-corrected chi connectivity index (χ1v) is 24.9. The number of aliphatic hydroxyl groups is 6. The first kappa shape index (κ1) is 54.2. The van der Waals surface area contributed by atoms with Gasteiger partial charge >= 0.3 is 0 Å². The summed E-state index contributed by atoms with van der Waals surface area (Å²) in [5.41, 5.74) is 0. The lowest BCUT2D eigenvalue weighted by atomic mass is 9.98. The molecule has 11 heteroatoms. The number of ether oxygens (including phenoxy) is 3. The molecule has 0 aromatic rings. The monoisotopic (exact) mass is 844 g/mol. The van der Waals surface area contributed by atoms with Crippen LogP contribution in [0.2, 0.25) is 0 Å². The summed E-state index contributed by atoms with van der Waals surface area (Å²) in [6.07, 6.45) is 29.5. The fourth-order valence-electron chi connectivity index (χ4n) is 8.54. The molecule has 0 saturated carbocycles. The minimum absolute atomic E-state index is 0.255. The van der Waals surface area contributed by atoms with Crippen LogP contribution in [0.1, 0.15) is 219 Å². The Morgan fingerprint density at radius 3 is 1.49 bits per heavy atom. The normalized spacial score (nSPS) is 22.6. The van der Waals surface area contributed by atoms with Crippen LogP contribution < -0.4 is 5.32 Å². The smallest absolute Gasteiger partial charge is 0.220 e. The molecule has 0 aromatic carbocycles. The number of carbonyl (C=O) groups excluding carboxylic acids is 1. The second-order valence-electron chi connectivity index (χ2n) is 18.2. The fraction of sp³-hybridized carbons (Fsp3) is 0.979. The Morgan fingerprint density at radius 2 is 1.05 bits per heavy atom. The van der Waals surface area contributed by atoms with E-state index in [1.807, 2.05) is 0 Å². The summed E-state index contributed by atoms with van der Waals surface area (Å²) in [5.74, 6) is 0.598. The van der Waals surface area contributed by atoms with E-state index in [0.29, 0.717) is 6.42 Å². The summed E-state index contributed by atoms with van der Waals surface area (Å²) in [7, 11) is 0. The van der Waals surface area contributed by atoms with Crippen molar-refractivity contribution in [2.75, 3.05) is 26.4 Å². The zero-order valence-electron chi connectivity index (χ0n) is 37.7. The fourth-order valence-corrected chi connectivity index (χ4v) is 8.54. The third-order valence-corrected chi connectivity index (χ3v) is 12.8. The molecular formula is C48H93NO10. The lowest BCUT2D eigenvalue weighted by Crippen LogP contribution is -2.60. The number of amides is 1. The van der Waals surface area contributed by atoms with Gasteiger partial charge in [0.2, 0.25) is 5.91 Å². The maximum absolute atomic E-state index is 13.0. The molecule has 0 aliphatic carbocycles. The molecule has 11 nitrogen and oxygen atoms in total. The number of rotatable bonds is 41. The van der Waals surface area contributed by atoms with Crippen LogP contribution in [0.15, 0.2) is 0 Å². The maximum Gasteiger partial charge on any atom is 0.220 e. The van der Waals surface area contributed by atoms with Crippen molar-refractivity contribution >= 4 is 5.91 Å². The summed E-state index contributed by atoms with van der Waals surface area (Å²) >= 11 is 0. The van der Waals surface area contributed by atoms with Crippen LogP contribution in [0.25, 0.3) is 0 Å². The highest BCUT2D eigenvalue weighted by atomic mass is 16.7. The average molecular weight is 844 g/mol. The molecule has 2 saturated heterocycles. The molecular weight excluding hydrogens is 751 g/mol. The number of aliphatic hydroxyl groups excluding tert-OH is 6. The summed E-state index contributed by atoms with van der Waals surface area (Å²) in [6, 6.07) is -0.986. The molecule has 0 radical (unpaired) electrons. The lowest BCUT2D eigenvalue weighted by molar-refractivity contribution is -0.303. The van der Waals surface area contributed by atoms with Gasteiger partial charge in [0, 0.05) is 12.3 Å². The number of nitrogens with one attached hydrogen (secondary N) is 1. The van der Waals surface area contributed by atoms with Crippen molar-refractivity contribution in [2.24, 2.45) is 5.92 Å². The van der Waals surface area contributed by atoms with E-state index in [0.717, 1.165) is 70.5 Å². The van der Waals surface area contributed by atoms with E-state index in [9.17, 15) is 35.4 Å². The Morgan fingerprint density at radius 1 is 0.610 bits per heavy atom. The van der Waals surface area contributed by atoms with Crippen LogP contribution >= 0.6 is 0 Å². The van der Waals surface area contributed by atoms with E-state index in [2.05, 4.69) is 12.2 Å². The molecule has 7 N–H and O–H groups in total. The minimum atomic E-state index is -1.60. The van der Waals surface area contributed by atoms with Crippen LogP contribution in [0.3, 0.4) is 0 Å². The predicted molar refractivity (Wildman–Crippen MR) is 236 cm³/mol. The topological polar surface area (TPSA) is 178 Å². The molecule has 0 bridgehead atoms. The van der Waals surface area contributed by atoms with E-state index in [4.69, 9.17) is 14.2 Å². The summed E-state index contributed by atoms with van der Waals surface area (Å²) in [5, 5.41) is 65.2. The van der Waals surface area contributed by atoms with Crippen molar-refractivity contribution in [3.63, 3.8) is 0 Å². The van der Waals surface area contributed by atoms with Crippen LogP contribution in [0.5, 0.6) is 0 Å². The van der Waals surface area contributed by atoms with Crippen molar-refractivity contribution in [2.45, 2.75) is 268 Å². The molecule has 59 heavy (non-hydrogen) atoms. The molecule has 350 valence electrons. The summed E-state index contributed by atoms with van der Waals surface area (Å²) in [4.78, 5) is 13.0. The van der Waals surface area contributed by atoms with Gasteiger partial charge < -0.3 is 50.2 Å². The minimum Gasteiger partial charge on any atom is -0.394 e. The Labute approximate surface area is 360 Å². The Hall–Kier alpha value is -0.890. The Bertz CT molecular complexity index is 955. The van der Waals surface area contributed by atoms with Gasteiger partial charge in [-0.1, -0.05) is 193 Å². The van der Waals surface area contributed by atoms with E-state index < -0.39 is 55.6 Å². The summed E-state index contributed by atoms with van der Waals surface area (Å²) < 4.78 is 16.4. The zero-order chi connectivity index (χ0) is 42.8. The van der Waals surface area contributed by atoms with E-state index in [1.165, 1.54) is 148 Å². The van der Waals surface area contributed by atoms with Gasteiger partial charge in [0.15, 0.2) is 6.29 Å². The summed E-state index contributed by atoms with van der Waals surface area (Å²) in [6.45, 7) is 3.33. The van der Waals surface area contributed by atoms with Gasteiger partial charge in [-0.15, -0.1) is 0 Å². The lowest BCUT2D eigenvalue weighted by Gasteiger charge is -2.40. The molecule has 2 rings (SSSR count). The SMILES string of the molecule is CCCCCCCCCCCCCC[C@@H](O)[C@@H](O)[C@H](CO[C@H]1O[C@H](CO)[C@H](O)[C@H](O)[C@H]1O)NC(=O)CCCCCCCCCCCCCCCCCCCCC1COC1. The third kappa shape index (κ3) is 26.4. The first-order valence-electron chi connectivity index (χ1n) is 24.9. The van der Waals surface area contributed by atoms with E-state index in [1.54, 1.807) is 0 Å². The van der Waals surface area contributed by atoms with E-state index >= 15 is 0 Å². The standard InChI is InChI=1S/C48H93NO10/c1-2-3-4-5-6-7-8-18-21-24-27-30-33-41(51)44(53)40(38-58-48-47(56)46(55)45(54)42(35-50)59-48)49-43(52)34-31-28-25-22-19-16-14-12-10-9-11-13-15-17-20-23-26-29-32-39-36-57-37-39/h39-42,44-48,50-51,53-56H,2-38H2,1H3,(H,49,52)/t40-,41+,42+,44-,45-,46-,47+,48-/m0/s1. The van der Waals surface area contributed by atoms with Gasteiger partial charge in [-0.05, 0) is 19.3 Å². The highest BCUT2D eigenvalue weighted by Gasteiger charge is 2.44. The van der Waals surface area contributed by atoms with E-state index in [-0.39, 0.29) is 18.9 Å². The molecule has 0 aromatic heterocycles. The number of unbranched alkanes of at least 4 members (excludes halogenated alkanes) is 28. The second kappa shape index (κ2) is 36.6. The number of hydrogen-bond acceptors (Lipinski definition) is 10. The van der Waals surface area contributed by atoms with Crippen LogP contribution in [-0.2, 0) is 19.0 Å². The Kier molecular flexibility index (Phi) is 33.6. The molecule has 1 amide bonds. The molecule has 8 atom stereocenters. The highest BCUT2D eigenvalue weighted by Crippen LogP contribution is 2.24. The van der Waals surface area contributed by atoms with Crippen molar-refractivity contribution in [1.29, 1.82) is 0 Å². The highest BCUT2D eigenvalue weighted by molar-refractivity contribution is 5.76. The third-order valence-electron chi connectivity index (χ3n) is 12.8. The average Bonchev–Trinajstić information content (AvgIpc) is 3.22. The van der Waals surface area contributed by atoms with Crippen LogP contribution in [-0.4, -0.2) is 112 Å². The second-order valence-corrected chi connectivity index (χ2v) is 18.2. The van der Waals surface area contributed by atoms with Gasteiger partial charge in [-0.2, -0.15) is 0 Å². The molecule has 2 aliphatic heterocycles. The quantitative estimate of drug-likeness (QED) is 0.0295. The van der Waals surface area contributed by atoms with Gasteiger partial charge in [-0.3, -0.25) is 4.79 Å². The van der Waals surface area contributed by atoms with Gasteiger partial charge in [0.25, 0.3) is 0 Å². The zero-order valence-corrected chi connectivity index (χ0v) is 37.7. The van der Waals surface area contributed by atoms with Crippen LogP contribution in [0.4, 0.5) is 0 Å². The van der Waals surface area contributed by atoms with Gasteiger partial charge in [0.1, 0.15) is 30.5 Å². The number of carbonyl (C=O) groups is 1. The largest absolute Gasteiger partial charge is 0.394 e. The van der Waals surface area contributed by atoms with Crippen molar-refractivity contribution in [3.05, 3.63) is 0 Å². The molecule has 2 aliphatic rings. The molecule has 0 spiro atoms. The Balaban J connectivity index is 1.57. The van der Waals surface area contributed by atoms with Crippen molar-refractivity contribution < 1.29 is 49.6 Å². The molecule has 2 fully saturated rings. The molecule has 2 heterocycles. The maximum atomic E-state index is 13.0. The van der Waals surface area contributed by atoms with Crippen LogP contribution in [0, 0.1) is 5.92 Å². The molecule has 0 unspecified atom stereocenters.